The summed E-state index contributed by atoms with van der Waals surface area (Å²) in [5.41, 5.74) is 2.82. The highest BCUT2D eigenvalue weighted by Crippen LogP contribution is 2.06. The Morgan fingerprint density at radius 3 is 2.31 bits per heavy atom. The van der Waals surface area contributed by atoms with Gasteiger partial charge < -0.3 is 5.32 Å². The van der Waals surface area contributed by atoms with Crippen LogP contribution in [0.4, 0.5) is 0 Å². The Balaban J connectivity index is 2.25. The Morgan fingerprint density at radius 1 is 1.00 bits per heavy atom. The van der Waals surface area contributed by atoms with Crippen LogP contribution < -0.4 is 5.32 Å². The zero-order valence-corrected chi connectivity index (χ0v) is 10.5. The van der Waals surface area contributed by atoms with Crippen LogP contribution in [0.3, 0.4) is 0 Å². The van der Waals surface area contributed by atoms with Crippen LogP contribution in [-0.2, 0) is 12.8 Å². The Morgan fingerprint density at radius 2 is 1.69 bits per heavy atom. The number of hydrogen-bond acceptors (Lipinski definition) is 1. The molecule has 0 atom stereocenters. The molecule has 0 saturated carbocycles. The van der Waals surface area contributed by atoms with Crippen molar-refractivity contribution < 1.29 is 0 Å². The Bertz CT molecular complexity index is 298. The third-order valence-corrected chi connectivity index (χ3v) is 2.69. The van der Waals surface area contributed by atoms with Crippen LogP contribution in [0.5, 0.6) is 0 Å². The molecule has 1 aromatic rings. The lowest BCUT2D eigenvalue weighted by Gasteiger charge is -1.99. The summed E-state index contributed by atoms with van der Waals surface area (Å²) in [6.07, 6.45) is 7.82. The maximum atomic E-state index is 3.31. The summed E-state index contributed by atoms with van der Waals surface area (Å²) < 4.78 is 0. The SMILES string of the molecule is CCNCCC=CCc1ccc(CC)cc1. The molecule has 16 heavy (non-hydrogen) atoms. The third kappa shape index (κ3) is 5.13. The van der Waals surface area contributed by atoms with E-state index in [9.17, 15) is 0 Å². The number of allylic oxidation sites excluding steroid dienone is 1. The smallest absolute Gasteiger partial charge is 0.00144 e. The van der Waals surface area contributed by atoms with Gasteiger partial charge in [-0.25, -0.2) is 0 Å². The first-order chi connectivity index (χ1) is 7.86. The Hall–Kier alpha value is -1.08. The van der Waals surface area contributed by atoms with Crippen molar-refractivity contribution >= 4 is 0 Å². The van der Waals surface area contributed by atoms with Crippen molar-refractivity contribution in [1.82, 2.24) is 5.32 Å². The summed E-state index contributed by atoms with van der Waals surface area (Å²) in [5.74, 6) is 0. The summed E-state index contributed by atoms with van der Waals surface area (Å²) in [4.78, 5) is 0. The highest BCUT2D eigenvalue weighted by molar-refractivity contribution is 5.24. The van der Waals surface area contributed by atoms with Gasteiger partial charge in [-0.1, -0.05) is 50.3 Å². The van der Waals surface area contributed by atoms with Gasteiger partial charge in [-0.2, -0.15) is 0 Å². The molecule has 0 radical (unpaired) electrons. The lowest BCUT2D eigenvalue weighted by molar-refractivity contribution is 0.726. The molecule has 1 heteroatoms. The van der Waals surface area contributed by atoms with E-state index in [-0.39, 0.29) is 0 Å². The molecule has 1 aromatic carbocycles. The van der Waals surface area contributed by atoms with Crippen LogP contribution in [0.1, 0.15) is 31.4 Å². The van der Waals surface area contributed by atoms with Gasteiger partial charge in [0.2, 0.25) is 0 Å². The first-order valence-corrected chi connectivity index (χ1v) is 6.30. The van der Waals surface area contributed by atoms with Crippen LogP contribution in [0.15, 0.2) is 36.4 Å². The molecule has 0 aromatic heterocycles. The first kappa shape index (κ1) is 13.0. The van der Waals surface area contributed by atoms with Crippen LogP contribution in [0.25, 0.3) is 0 Å². The molecule has 0 aliphatic rings. The lowest BCUT2D eigenvalue weighted by atomic mass is 10.1. The monoisotopic (exact) mass is 217 g/mol. The Kier molecular flexibility index (Phi) is 6.59. The second-order valence-corrected chi connectivity index (χ2v) is 3.99. The van der Waals surface area contributed by atoms with E-state index in [0.717, 1.165) is 32.4 Å². The van der Waals surface area contributed by atoms with Gasteiger partial charge in [-0.15, -0.1) is 0 Å². The molecule has 0 bridgehead atoms. The fraction of sp³-hybridized carbons (Fsp3) is 0.467. The van der Waals surface area contributed by atoms with Crippen molar-refractivity contribution in [3.63, 3.8) is 0 Å². The average Bonchev–Trinajstić information content (AvgIpc) is 2.34. The summed E-state index contributed by atoms with van der Waals surface area (Å²) in [6.45, 7) is 6.47. The molecule has 0 aliphatic carbocycles. The minimum absolute atomic E-state index is 1.05. The standard InChI is InChI=1S/C15H23N/c1-3-14-9-11-15(12-10-14)8-6-5-7-13-16-4-2/h5-6,9-12,16H,3-4,7-8,13H2,1-2H3. The van der Waals surface area contributed by atoms with Crippen molar-refractivity contribution in [2.45, 2.75) is 33.1 Å². The normalized spacial score (nSPS) is 11.1. The van der Waals surface area contributed by atoms with Gasteiger partial charge in [0.25, 0.3) is 0 Å². The predicted octanol–water partition coefficient (Wildman–Crippen LogP) is 3.35. The quantitative estimate of drug-likeness (QED) is 0.545. The number of benzene rings is 1. The average molecular weight is 217 g/mol. The fourth-order valence-electron chi connectivity index (χ4n) is 1.61. The van der Waals surface area contributed by atoms with Gasteiger partial charge >= 0.3 is 0 Å². The van der Waals surface area contributed by atoms with E-state index < -0.39 is 0 Å². The van der Waals surface area contributed by atoms with Crippen molar-refractivity contribution in [1.29, 1.82) is 0 Å². The molecule has 88 valence electrons. The maximum absolute atomic E-state index is 3.31. The van der Waals surface area contributed by atoms with E-state index in [2.05, 4.69) is 55.6 Å². The molecule has 0 saturated heterocycles. The van der Waals surface area contributed by atoms with E-state index in [0.29, 0.717) is 0 Å². The maximum Gasteiger partial charge on any atom is -0.00144 e. The van der Waals surface area contributed by atoms with Gasteiger partial charge in [0, 0.05) is 0 Å². The highest BCUT2D eigenvalue weighted by atomic mass is 14.8. The summed E-state index contributed by atoms with van der Waals surface area (Å²) >= 11 is 0. The van der Waals surface area contributed by atoms with Gasteiger partial charge in [-0.3, -0.25) is 0 Å². The van der Waals surface area contributed by atoms with Gasteiger partial charge in [0.15, 0.2) is 0 Å². The van der Waals surface area contributed by atoms with Crippen molar-refractivity contribution in [2.24, 2.45) is 0 Å². The Labute approximate surface area is 99.6 Å². The van der Waals surface area contributed by atoms with E-state index >= 15 is 0 Å². The summed E-state index contributed by atoms with van der Waals surface area (Å²) in [6, 6.07) is 8.91. The molecule has 0 fully saturated rings. The molecular formula is C15H23N. The molecule has 0 spiro atoms. The highest BCUT2D eigenvalue weighted by Gasteiger charge is 1.90. The largest absolute Gasteiger partial charge is 0.317 e. The van der Waals surface area contributed by atoms with E-state index in [1.54, 1.807) is 0 Å². The van der Waals surface area contributed by atoms with Crippen LogP contribution in [-0.4, -0.2) is 13.1 Å². The lowest BCUT2D eigenvalue weighted by Crippen LogP contribution is -2.12. The zero-order chi connectivity index (χ0) is 11.6. The van der Waals surface area contributed by atoms with E-state index in [1.165, 1.54) is 11.1 Å². The number of aryl methyl sites for hydroxylation is 1. The molecular weight excluding hydrogens is 194 g/mol. The molecule has 1 nitrogen and oxygen atoms in total. The first-order valence-electron chi connectivity index (χ1n) is 6.30. The van der Waals surface area contributed by atoms with Gasteiger partial charge in [0.1, 0.15) is 0 Å². The second kappa shape index (κ2) is 8.12. The number of nitrogens with one attached hydrogen (secondary N) is 1. The van der Waals surface area contributed by atoms with Crippen LogP contribution in [0, 0.1) is 0 Å². The molecule has 0 unspecified atom stereocenters. The molecule has 1 rings (SSSR count). The van der Waals surface area contributed by atoms with Crippen molar-refractivity contribution in [3.05, 3.63) is 47.5 Å². The fourth-order valence-corrected chi connectivity index (χ4v) is 1.61. The molecule has 1 N–H and O–H groups in total. The zero-order valence-electron chi connectivity index (χ0n) is 10.5. The van der Waals surface area contributed by atoms with Crippen molar-refractivity contribution in [3.8, 4) is 0 Å². The molecule has 0 aliphatic heterocycles. The predicted molar refractivity (Wildman–Crippen MR) is 71.8 cm³/mol. The van der Waals surface area contributed by atoms with Gasteiger partial charge in [-0.05, 0) is 43.5 Å². The van der Waals surface area contributed by atoms with E-state index in [4.69, 9.17) is 0 Å². The van der Waals surface area contributed by atoms with E-state index in [1.807, 2.05) is 0 Å². The number of rotatable bonds is 7. The topological polar surface area (TPSA) is 12.0 Å². The van der Waals surface area contributed by atoms with Crippen LogP contribution >= 0.6 is 0 Å². The summed E-state index contributed by atoms with van der Waals surface area (Å²) in [7, 11) is 0. The third-order valence-electron chi connectivity index (χ3n) is 2.69. The second-order valence-electron chi connectivity index (χ2n) is 3.99. The minimum atomic E-state index is 1.05. The molecule has 0 heterocycles. The van der Waals surface area contributed by atoms with Crippen LogP contribution in [0.2, 0.25) is 0 Å². The number of hydrogen-bond donors (Lipinski definition) is 1. The van der Waals surface area contributed by atoms with Crippen molar-refractivity contribution in [2.75, 3.05) is 13.1 Å². The van der Waals surface area contributed by atoms with Gasteiger partial charge in [0.05, 0.1) is 0 Å². The minimum Gasteiger partial charge on any atom is -0.317 e. The molecule has 0 amide bonds. The summed E-state index contributed by atoms with van der Waals surface area (Å²) in [5, 5.41) is 3.31.